The summed E-state index contributed by atoms with van der Waals surface area (Å²) >= 11 is 0. The molecule has 1 rings (SSSR count). The Morgan fingerprint density at radius 2 is 2.06 bits per heavy atom. The number of carbonyl (C=O) groups is 1. The number of nitrogens with one attached hydrogen (secondary N) is 1. The zero-order valence-corrected chi connectivity index (χ0v) is 10.4. The van der Waals surface area contributed by atoms with Crippen LogP contribution in [0.15, 0.2) is 24.3 Å². The Morgan fingerprint density at radius 3 is 2.61 bits per heavy atom. The number of rotatable bonds is 5. The van der Waals surface area contributed by atoms with E-state index in [0.29, 0.717) is 5.75 Å². The first-order valence-corrected chi connectivity index (χ1v) is 5.55. The number of nitrogens with zero attached hydrogens (tertiary/aromatic N) is 1. The van der Waals surface area contributed by atoms with Crippen molar-refractivity contribution in [2.75, 3.05) is 6.54 Å². The molecule has 0 fully saturated rings. The van der Waals surface area contributed by atoms with E-state index in [9.17, 15) is 9.18 Å². The summed E-state index contributed by atoms with van der Waals surface area (Å²) in [5.41, 5.74) is -1.08. The van der Waals surface area contributed by atoms with Gasteiger partial charge in [0.2, 0.25) is 0 Å². The second-order valence-corrected chi connectivity index (χ2v) is 4.23. The van der Waals surface area contributed by atoms with Gasteiger partial charge in [-0.2, -0.15) is 5.26 Å². The van der Waals surface area contributed by atoms with Gasteiger partial charge in [-0.25, -0.2) is 4.39 Å². The first-order chi connectivity index (χ1) is 8.45. The monoisotopic (exact) mass is 250 g/mol. The molecule has 0 saturated carbocycles. The smallest absolute Gasteiger partial charge is 0.263 e. The van der Waals surface area contributed by atoms with Crippen LogP contribution in [0.1, 0.15) is 20.3 Å². The molecule has 1 N–H and O–H groups in total. The first kappa shape index (κ1) is 14.0. The Labute approximate surface area is 105 Å². The molecule has 1 aromatic rings. The maximum Gasteiger partial charge on any atom is 0.263 e. The van der Waals surface area contributed by atoms with Gasteiger partial charge in [-0.15, -0.1) is 0 Å². The van der Waals surface area contributed by atoms with E-state index in [1.807, 2.05) is 6.07 Å². The average Bonchev–Trinajstić information content (AvgIpc) is 2.32. The fourth-order valence-corrected chi connectivity index (χ4v) is 1.29. The van der Waals surface area contributed by atoms with E-state index in [-0.39, 0.29) is 24.7 Å². The molecule has 0 radical (unpaired) electrons. The third-order valence-electron chi connectivity index (χ3n) is 2.26. The third-order valence-corrected chi connectivity index (χ3v) is 2.26. The summed E-state index contributed by atoms with van der Waals surface area (Å²) in [6.45, 7) is 3.50. The molecule has 18 heavy (non-hydrogen) atoms. The average molecular weight is 250 g/mol. The number of nitriles is 1. The molecular formula is C13H15FN2O2. The van der Waals surface area contributed by atoms with Crippen LogP contribution in [-0.2, 0) is 4.79 Å². The van der Waals surface area contributed by atoms with Gasteiger partial charge in [0.15, 0.2) is 5.60 Å². The summed E-state index contributed by atoms with van der Waals surface area (Å²) < 4.78 is 18.2. The Bertz CT molecular complexity index is 449. The fourth-order valence-electron chi connectivity index (χ4n) is 1.29. The highest BCUT2D eigenvalue weighted by Gasteiger charge is 2.29. The van der Waals surface area contributed by atoms with Gasteiger partial charge in [0, 0.05) is 6.54 Å². The van der Waals surface area contributed by atoms with Crippen molar-refractivity contribution in [3.8, 4) is 11.8 Å². The van der Waals surface area contributed by atoms with E-state index in [0.717, 1.165) is 0 Å². The van der Waals surface area contributed by atoms with Crippen LogP contribution >= 0.6 is 0 Å². The molecule has 96 valence electrons. The van der Waals surface area contributed by atoms with Crippen LogP contribution in [0.3, 0.4) is 0 Å². The molecule has 4 nitrogen and oxygen atoms in total. The first-order valence-electron chi connectivity index (χ1n) is 5.55. The number of hydrogen-bond donors (Lipinski definition) is 1. The Morgan fingerprint density at radius 1 is 1.44 bits per heavy atom. The Hall–Kier alpha value is -2.09. The van der Waals surface area contributed by atoms with Crippen molar-refractivity contribution in [1.82, 2.24) is 5.32 Å². The number of ether oxygens (including phenoxy) is 1. The second kappa shape index (κ2) is 6.01. The molecular weight excluding hydrogens is 235 g/mol. The molecule has 0 heterocycles. The number of carbonyl (C=O) groups excluding carboxylic acids is 1. The molecule has 0 aromatic heterocycles. The normalized spacial score (nSPS) is 10.6. The fraction of sp³-hybridized carbons (Fsp3) is 0.385. The van der Waals surface area contributed by atoms with E-state index in [1.54, 1.807) is 13.8 Å². The lowest BCUT2D eigenvalue weighted by Crippen LogP contribution is -2.46. The predicted octanol–water partition coefficient (Wildman–Crippen LogP) is 2.01. The van der Waals surface area contributed by atoms with E-state index in [4.69, 9.17) is 10.00 Å². The van der Waals surface area contributed by atoms with Crippen molar-refractivity contribution in [1.29, 1.82) is 5.26 Å². The largest absolute Gasteiger partial charge is 0.478 e. The highest BCUT2D eigenvalue weighted by atomic mass is 19.1. The molecule has 0 aliphatic heterocycles. The van der Waals surface area contributed by atoms with Gasteiger partial charge in [0.05, 0.1) is 12.5 Å². The van der Waals surface area contributed by atoms with E-state index in [1.165, 1.54) is 24.3 Å². The number of halogens is 1. The number of benzene rings is 1. The van der Waals surface area contributed by atoms with Crippen molar-refractivity contribution >= 4 is 5.91 Å². The molecule has 1 amide bonds. The lowest BCUT2D eigenvalue weighted by atomic mass is 10.1. The van der Waals surface area contributed by atoms with Crippen LogP contribution in [0.25, 0.3) is 0 Å². The summed E-state index contributed by atoms with van der Waals surface area (Å²) in [5.74, 6) is -0.266. The molecule has 0 unspecified atom stereocenters. The van der Waals surface area contributed by atoms with Crippen LogP contribution < -0.4 is 10.1 Å². The summed E-state index contributed by atoms with van der Waals surface area (Å²) in [5, 5.41) is 11.0. The maximum atomic E-state index is 12.7. The van der Waals surface area contributed by atoms with Crippen LogP contribution in [0, 0.1) is 17.1 Å². The van der Waals surface area contributed by atoms with Crippen molar-refractivity contribution in [3.63, 3.8) is 0 Å². The van der Waals surface area contributed by atoms with Crippen LogP contribution in [-0.4, -0.2) is 18.1 Å². The van der Waals surface area contributed by atoms with E-state index >= 15 is 0 Å². The minimum absolute atomic E-state index is 0.248. The molecule has 0 aliphatic rings. The summed E-state index contributed by atoms with van der Waals surface area (Å²) in [4.78, 5) is 11.8. The predicted molar refractivity (Wildman–Crippen MR) is 64.3 cm³/mol. The Kier molecular flexibility index (Phi) is 4.67. The lowest BCUT2D eigenvalue weighted by molar-refractivity contribution is -0.134. The minimum atomic E-state index is -1.08. The zero-order chi connectivity index (χ0) is 13.6. The quantitative estimate of drug-likeness (QED) is 0.813. The number of amides is 1. The lowest BCUT2D eigenvalue weighted by Gasteiger charge is -2.25. The van der Waals surface area contributed by atoms with Gasteiger partial charge in [0.25, 0.3) is 5.91 Å². The Balaban J connectivity index is 2.60. The minimum Gasteiger partial charge on any atom is -0.478 e. The van der Waals surface area contributed by atoms with Gasteiger partial charge < -0.3 is 10.1 Å². The summed E-state index contributed by atoms with van der Waals surface area (Å²) in [7, 11) is 0. The maximum absolute atomic E-state index is 12.7. The SMILES string of the molecule is CC(C)(Oc1ccc(F)cc1)C(=O)NCCC#N. The van der Waals surface area contributed by atoms with Gasteiger partial charge in [-0.3, -0.25) is 4.79 Å². The van der Waals surface area contributed by atoms with Crippen molar-refractivity contribution < 1.29 is 13.9 Å². The van der Waals surface area contributed by atoms with Crippen molar-refractivity contribution in [2.45, 2.75) is 25.9 Å². The molecule has 0 saturated heterocycles. The van der Waals surface area contributed by atoms with E-state index < -0.39 is 5.60 Å². The van der Waals surface area contributed by atoms with Gasteiger partial charge in [-0.1, -0.05) is 0 Å². The molecule has 1 aromatic carbocycles. The van der Waals surface area contributed by atoms with Gasteiger partial charge in [-0.05, 0) is 38.1 Å². The zero-order valence-electron chi connectivity index (χ0n) is 10.4. The molecule has 0 aliphatic carbocycles. The second-order valence-electron chi connectivity index (χ2n) is 4.23. The topological polar surface area (TPSA) is 62.1 Å². The standard InChI is InChI=1S/C13H15FN2O2/c1-13(2,12(17)16-9-3-8-15)18-11-6-4-10(14)5-7-11/h4-7H,3,9H2,1-2H3,(H,16,17). The summed E-state index contributed by atoms with van der Waals surface area (Å²) in [6, 6.07) is 7.37. The van der Waals surface area contributed by atoms with Gasteiger partial charge in [0.1, 0.15) is 11.6 Å². The van der Waals surface area contributed by atoms with Crippen molar-refractivity contribution in [3.05, 3.63) is 30.1 Å². The summed E-state index contributed by atoms with van der Waals surface area (Å²) in [6.07, 6.45) is 0.248. The van der Waals surface area contributed by atoms with Crippen LogP contribution in [0.4, 0.5) is 4.39 Å². The highest BCUT2D eigenvalue weighted by molar-refractivity contribution is 5.84. The van der Waals surface area contributed by atoms with Crippen molar-refractivity contribution in [2.24, 2.45) is 0 Å². The molecule has 0 bridgehead atoms. The number of hydrogen-bond acceptors (Lipinski definition) is 3. The van der Waals surface area contributed by atoms with E-state index in [2.05, 4.69) is 5.32 Å². The molecule has 5 heteroatoms. The van der Waals surface area contributed by atoms with Crippen LogP contribution in [0.5, 0.6) is 5.75 Å². The van der Waals surface area contributed by atoms with Gasteiger partial charge >= 0.3 is 0 Å². The highest BCUT2D eigenvalue weighted by Crippen LogP contribution is 2.18. The molecule has 0 spiro atoms. The molecule has 0 atom stereocenters. The third kappa shape index (κ3) is 4.06. The van der Waals surface area contributed by atoms with Crippen LogP contribution in [0.2, 0.25) is 0 Å².